The summed E-state index contributed by atoms with van der Waals surface area (Å²) in [6.45, 7) is 0. The highest BCUT2D eigenvalue weighted by Gasteiger charge is 2.17. The lowest BCUT2D eigenvalue weighted by atomic mass is 10.0. The van der Waals surface area contributed by atoms with Gasteiger partial charge >= 0.3 is 0 Å². The van der Waals surface area contributed by atoms with Crippen molar-refractivity contribution in [1.29, 1.82) is 0 Å². The lowest BCUT2D eigenvalue weighted by molar-refractivity contribution is 0.687. The van der Waals surface area contributed by atoms with Crippen LogP contribution in [0.25, 0.3) is 33.1 Å². The maximum atomic E-state index is 12.4. The number of rotatable bonds is 2. The van der Waals surface area contributed by atoms with E-state index in [-0.39, 0.29) is 10.6 Å². The van der Waals surface area contributed by atoms with Crippen LogP contribution in [0.3, 0.4) is 0 Å². The minimum absolute atomic E-state index is 0.0872. The van der Waals surface area contributed by atoms with Gasteiger partial charge in [-0.2, -0.15) is 0 Å². The van der Waals surface area contributed by atoms with Crippen LogP contribution in [0.2, 0.25) is 10.0 Å². The van der Waals surface area contributed by atoms with Crippen LogP contribution in [0.4, 0.5) is 0 Å². The summed E-state index contributed by atoms with van der Waals surface area (Å²) in [5.74, 6) is 0. The number of hydrogen-bond acceptors (Lipinski definition) is 2. The Morgan fingerprint density at radius 2 is 1.80 bits per heavy atom. The van der Waals surface area contributed by atoms with Gasteiger partial charge in [-0.15, -0.1) is 0 Å². The Morgan fingerprint density at radius 3 is 2.56 bits per heavy atom. The summed E-state index contributed by atoms with van der Waals surface area (Å²) in [6.07, 6.45) is 1.61. The molecule has 1 atom stereocenters. The Balaban J connectivity index is 2.14. The van der Waals surface area contributed by atoms with Crippen molar-refractivity contribution in [3.63, 3.8) is 0 Å². The molecule has 0 saturated carbocycles. The smallest absolute Gasteiger partial charge is 0.267 e. The number of hydrogen-bond donors (Lipinski definition) is 2. The molecule has 0 aliphatic carbocycles. The maximum Gasteiger partial charge on any atom is 0.267 e. The molecule has 0 aliphatic heterocycles. The van der Waals surface area contributed by atoms with E-state index in [1.165, 1.54) is 0 Å². The van der Waals surface area contributed by atoms with Crippen molar-refractivity contribution in [1.82, 2.24) is 9.97 Å². The summed E-state index contributed by atoms with van der Waals surface area (Å²) >= 11 is 12.4. The first-order valence-corrected chi connectivity index (χ1v) is 9.73. The molecule has 0 spiro atoms. The van der Waals surface area contributed by atoms with Gasteiger partial charge in [0.15, 0.2) is 0 Å². The molecule has 0 fully saturated rings. The molecule has 25 heavy (non-hydrogen) atoms. The van der Waals surface area contributed by atoms with Crippen molar-refractivity contribution < 1.29 is 4.21 Å². The van der Waals surface area contributed by atoms with E-state index >= 15 is 0 Å². The van der Waals surface area contributed by atoms with E-state index < -0.39 is 10.8 Å². The molecule has 4 rings (SSSR count). The van der Waals surface area contributed by atoms with Crippen molar-refractivity contribution in [3.8, 4) is 11.1 Å². The van der Waals surface area contributed by atoms with Gasteiger partial charge in [-0.1, -0.05) is 35.3 Å². The zero-order valence-corrected chi connectivity index (χ0v) is 15.4. The number of pyridine rings is 1. The molecule has 7 heteroatoms. The predicted molar refractivity (Wildman–Crippen MR) is 104 cm³/mol. The second-order valence-electron chi connectivity index (χ2n) is 5.69. The average molecular weight is 391 g/mol. The third-order valence-corrected chi connectivity index (χ3v) is 5.64. The quantitative estimate of drug-likeness (QED) is 0.519. The fourth-order valence-corrected chi connectivity index (χ4v) is 3.96. The maximum absolute atomic E-state index is 12.4. The molecule has 126 valence electrons. The average Bonchev–Trinajstić information content (AvgIpc) is 2.93. The monoisotopic (exact) mass is 390 g/mol. The molecule has 0 aliphatic rings. The van der Waals surface area contributed by atoms with Gasteiger partial charge in [-0.25, -0.2) is 0 Å². The first-order valence-electron chi connectivity index (χ1n) is 7.42. The summed E-state index contributed by atoms with van der Waals surface area (Å²) in [6, 6.07) is 12.6. The molecule has 0 amide bonds. The van der Waals surface area contributed by atoms with E-state index in [9.17, 15) is 9.00 Å². The van der Waals surface area contributed by atoms with Gasteiger partial charge in [-0.05, 0) is 35.9 Å². The Bertz CT molecular complexity index is 1230. The largest absolute Gasteiger partial charge is 0.353 e. The normalized spacial score (nSPS) is 12.8. The molecule has 0 radical (unpaired) electrons. The van der Waals surface area contributed by atoms with Gasteiger partial charge in [0, 0.05) is 43.4 Å². The van der Waals surface area contributed by atoms with Crippen LogP contribution in [0, 0.1) is 0 Å². The third-order valence-electron chi connectivity index (χ3n) is 4.12. The molecule has 4 aromatic rings. The van der Waals surface area contributed by atoms with Crippen molar-refractivity contribution in [3.05, 3.63) is 62.9 Å². The Morgan fingerprint density at radius 1 is 1.00 bits per heavy atom. The van der Waals surface area contributed by atoms with Gasteiger partial charge in [0.2, 0.25) is 0 Å². The fraction of sp³-hybridized carbons (Fsp3) is 0.0556. The molecule has 0 saturated heterocycles. The number of halogens is 2. The molecule has 2 heterocycles. The van der Waals surface area contributed by atoms with Gasteiger partial charge < -0.3 is 9.97 Å². The molecule has 2 N–H and O–H groups in total. The van der Waals surface area contributed by atoms with Crippen LogP contribution in [0.1, 0.15) is 0 Å². The van der Waals surface area contributed by atoms with Gasteiger partial charge in [0.05, 0.1) is 11.0 Å². The van der Waals surface area contributed by atoms with Crippen LogP contribution >= 0.6 is 23.2 Å². The molecule has 2 aromatic heterocycles. The highest BCUT2D eigenvalue weighted by Crippen LogP contribution is 2.36. The summed E-state index contributed by atoms with van der Waals surface area (Å²) in [5, 5.41) is 1.48. The van der Waals surface area contributed by atoms with Crippen molar-refractivity contribution in [2.45, 2.75) is 4.90 Å². The van der Waals surface area contributed by atoms with Crippen molar-refractivity contribution in [2.24, 2.45) is 0 Å². The lowest BCUT2D eigenvalue weighted by Crippen LogP contribution is -2.07. The van der Waals surface area contributed by atoms with Crippen LogP contribution in [-0.4, -0.2) is 20.4 Å². The number of aromatic amines is 2. The van der Waals surface area contributed by atoms with Gasteiger partial charge in [-0.3, -0.25) is 9.00 Å². The topological polar surface area (TPSA) is 65.7 Å². The minimum Gasteiger partial charge on any atom is -0.353 e. The summed E-state index contributed by atoms with van der Waals surface area (Å²) < 4.78 is 11.8. The fourth-order valence-electron chi connectivity index (χ4n) is 2.97. The third kappa shape index (κ3) is 2.68. The molecular formula is C18H12Cl2N2O2S. The van der Waals surface area contributed by atoms with Gasteiger partial charge in [0.1, 0.15) is 5.02 Å². The first-order chi connectivity index (χ1) is 12.0. The second-order valence-corrected chi connectivity index (χ2v) is 7.88. The standard InChI is InChI=1S/C18H12Cl2N2O2S/c1-25(24)11-4-2-3-9(7-11)14-15(20)18(23)22-16-12-8-10(19)5-6-13(12)21-17(14)16/h2-8,21H,1H3,(H,22,23). The van der Waals surface area contributed by atoms with Crippen molar-refractivity contribution >= 4 is 55.9 Å². The number of nitrogens with one attached hydrogen (secondary N) is 2. The summed E-state index contributed by atoms with van der Waals surface area (Å²) in [4.78, 5) is 19.2. The van der Waals surface area contributed by atoms with E-state index in [4.69, 9.17) is 23.2 Å². The van der Waals surface area contributed by atoms with Crippen LogP contribution < -0.4 is 5.56 Å². The van der Waals surface area contributed by atoms with E-state index in [0.29, 0.717) is 26.5 Å². The number of benzene rings is 2. The Hall–Kier alpha value is -2.08. The van der Waals surface area contributed by atoms with E-state index in [2.05, 4.69) is 9.97 Å². The highest BCUT2D eigenvalue weighted by atomic mass is 35.5. The zero-order chi connectivity index (χ0) is 17.7. The van der Waals surface area contributed by atoms with Gasteiger partial charge in [0.25, 0.3) is 5.56 Å². The molecule has 1 unspecified atom stereocenters. The first kappa shape index (κ1) is 16.4. The highest BCUT2D eigenvalue weighted by molar-refractivity contribution is 7.84. The Kier molecular flexibility index (Phi) is 3.95. The number of aromatic nitrogens is 2. The van der Waals surface area contributed by atoms with E-state index in [1.807, 2.05) is 12.1 Å². The van der Waals surface area contributed by atoms with Crippen LogP contribution in [-0.2, 0) is 10.8 Å². The number of fused-ring (bicyclic) bond motifs is 3. The van der Waals surface area contributed by atoms with E-state index in [1.54, 1.807) is 36.6 Å². The van der Waals surface area contributed by atoms with Crippen LogP contribution in [0.15, 0.2) is 52.2 Å². The Labute approximate surface area is 155 Å². The second kappa shape index (κ2) is 6.02. The molecule has 2 aromatic carbocycles. The van der Waals surface area contributed by atoms with E-state index in [0.717, 1.165) is 16.5 Å². The van der Waals surface area contributed by atoms with Crippen molar-refractivity contribution in [2.75, 3.05) is 6.26 Å². The SMILES string of the molecule is CS(=O)c1cccc(-c2c(Cl)c(=O)[nH]c3c2[nH]c2ccc(Cl)cc23)c1. The summed E-state index contributed by atoms with van der Waals surface area (Å²) in [5.41, 5.74) is 3.12. The predicted octanol–water partition coefficient (Wildman–Crippen LogP) is 4.72. The molecule has 4 nitrogen and oxygen atoms in total. The molecular weight excluding hydrogens is 379 g/mol. The number of H-pyrrole nitrogens is 2. The minimum atomic E-state index is -1.13. The molecule has 0 bridgehead atoms. The summed E-state index contributed by atoms with van der Waals surface area (Å²) in [7, 11) is -1.13. The van der Waals surface area contributed by atoms with Crippen LogP contribution in [0.5, 0.6) is 0 Å². The lowest BCUT2D eigenvalue weighted by Gasteiger charge is -2.07. The zero-order valence-electron chi connectivity index (χ0n) is 13.0.